The number of hydrogen-bond acceptors (Lipinski definition) is 3. The summed E-state index contributed by atoms with van der Waals surface area (Å²) in [5, 5.41) is 9.38. The molecule has 0 atom stereocenters. The van der Waals surface area contributed by atoms with Crippen LogP contribution in [0.3, 0.4) is 0 Å². The van der Waals surface area contributed by atoms with E-state index in [1.807, 2.05) is 19.1 Å². The summed E-state index contributed by atoms with van der Waals surface area (Å²) in [6.07, 6.45) is 3.07. The van der Waals surface area contributed by atoms with Gasteiger partial charge in [0, 0.05) is 38.4 Å². The third kappa shape index (κ3) is 5.09. The van der Waals surface area contributed by atoms with Crippen LogP contribution in [0.25, 0.3) is 5.57 Å². The highest BCUT2D eigenvalue weighted by molar-refractivity contribution is 5.90. The molecule has 4 heteroatoms. The van der Waals surface area contributed by atoms with E-state index in [0.29, 0.717) is 5.56 Å². The number of carboxylic acids is 1. The maximum absolute atomic E-state index is 11.4. The summed E-state index contributed by atoms with van der Waals surface area (Å²) in [4.78, 5) is 16.3. The summed E-state index contributed by atoms with van der Waals surface area (Å²) in [6, 6.07) is 26.9. The molecule has 1 fully saturated rings. The van der Waals surface area contributed by atoms with Crippen molar-refractivity contribution >= 4 is 17.2 Å². The van der Waals surface area contributed by atoms with Gasteiger partial charge in [-0.3, -0.25) is 4.90 Å². The van der Waals surface area contributed by atoms with Gasteiger partial charge in [-0.05, 0) is 46.9 Å². The molecule has 1 saturated heterocycles. The Morgan fingerprint density at radius 2 is 1.47 bits per heavy atom. The van der Waals surface area contributed by atoms with Gasteiger partial charge in [0.15, 0.2) is 0 Å². The lowest BCUT2D eigenvalue weighted by Crippen LogP contribution is -2.46. The third-order valence-corrected chi connectivity index (χ3v) is 6.16. The van der Waals surface area contributed by atoms with E-state index in [9.17, 15) is 9.90 Å². The van der Waals surface area contributed by atoms with E-state index in [-0.39, 0.29) is 0 Å². The molecule has 1 N–H and O–H groups in total. The van der Waals surface area contributed by atoms with Crippen LogP contribution in [0, 0.1) is 0 Å². The lowest BCUT2D eigenvalue weighted by molar-refractivity contribution is 0.0695. The number of aryl methyl sites for hydroxylation is 1. The van der Waals surface area contributed by atoms with Crippen molar-refractivity contribution in [3.63, 3.8) is 0 Å². The fraction of sp³-hybridized carbons (Fsp3) is 0.250. The lowest BCUT2D eigenvalue weighted by Gasteiger charge is -2.36. The molecule has 4 rings (SSSR count). The summed E-state index contributed by atoms with van der Waals surface area (Å²) in [6.45, 7) is 6.76. The number of nitrogens with zero attached hydrogens (tertiary/aromatic N) is 2. The van der Waals surface area contributed by atoms with Crippen molar-refractivity contribution in [1.82, 2.24) is 4.90 Å². The molecule has 0 bridgehead atoms. The third-order valence-electron chi connectivity index (χ3n) is 6.16. The second-order valence-electron chi connectivity index (χ2n) is 8.14. The molecule has 0 unspecified atom stereocenters. The van der Waals surface area contributed by atoms with Crippen LogP contribution in [0.1, 0.15) is 34.0 Å². The number of hydrogen-bond donors (Lipinski definition) is 1. The largest absolute Gasteiger partial charge is 0.478 e. The van der Waals surface area contributed by atoms with E-state index < -0.39 is 5.97 Å². The smallest absolute Gasteiger partial charge is 0.335 e. The van der Waals surface area contributed by atoms with Crippen LogP contribution < -0.4 is 4.90 Å². The number of anilines is 1. The maximum atomic E-state index is 11.4. The number of carboxylic acid groups (broad SMARTS) is 1. The standard InChI is InChI=1S/C28H30N2O2/c1-2-22-21-25(13-14-27(22)28(31)32)30-19-17-29(18-20-30)16-15-26(23-9-5-3-6-10-23)24-11-7-4-8-12-24/h3-15,21H,2,16-20H2,1H3,(H,31,32). The van der Waals surface area contributed by atoms with Crippen LogP contribution in [-0.4, -0.2) is 48.7 Å². The number of aromatic carboxylic acids is 1. The quantitative estimate of drug-likeness (QED) is 0.564. The summed E-state index contributed by atoms with van der Waals surface area (Å²) < 4.78 is 0. The van der Waals surface area contributed by atoms with Gasteiger partial charge in [0.2, 0.25) is 0 Å². The van der Waals surface area contributed by atoms with Crippen LogP contribution in [0.15, 0.2) is 84.9 Å². The van der Waals surface area contributed by atoms with Gasteiger partial charge in [0.1, 0.15) is 0 Å². The molecule has 3 aromatic carbocycles. The Morgan fingerprint density at radius 3 is 2.00 bits per heavy atom. The van der Waals surface area contributed by atoms with Crippen LogP contribution in [0.2, 0.25) is 0 Å². The Hall–Kier alpha value is -3.37. The normalized spacial score (nSPS) is 14.2. The van der Waals surface area contributed by atoms with E-state index in [0.717, 1.165) is 50.4 Å². The first kappa shape index (κ1) is 21.8. The Kier molecular flexibility index (Phi) is 7.03. The van der Waals surface area contributed by atoms with Crippen molar-refractivity contribution in [2.75, 3.05) is 37.6 Å². The molecule has 32 heavy (non-hydrogen) atoms. The Bertz CT molecular complexity index is 1030. The topological polar surface area (TPSA) is 43.8 Å². The highest BCUT2D eigenvalue weighted by Gasteiger charge is 2.18. The van der Waals surface area contributed by atoms with Gasteiger partial charge >= 0.3 is 5.97 Å². The zero-order valence-electron chi connectivity index (χ0n) is 18.6. The molecule has 0 radical (unpaired) electrons. The predicted octanol–water partition coefficient (Wildman–Crippen LogP) is 5.20. The Morgan fingerprint density at radius 1 is 0.875 bits per heavy atom. The molecule has 1 aliphatic heterocycles. The molecule has 1 aliphatic rings. The van der Waals surface area contributed by atoms with E-state index >= 15 is 0 Å². The fourth-order valence-corrected chi connectivity index (χ4v) is 4.32. The molecule has 0 spiro atoms. The molecular formula is C28H30N2O2. The second-order valence-corrected chi connectivity index (χ2v) is 8.14. The molecule has 0 amide bonds. The van der Waals surface area contributed by atoms with Crippen LogP contribution in [0.4, 0.5) is 5.69 Å². The molecule has 3 aromatic rings. The predicted molar refractivity (Wildman–Crippen MR) is 131 cm³/mol. The zero-order chi connectivity index (χ0) is 22.3. The number of carbonyl (C=O) groups is 1. The minimum Gasteiger partial charge on any atom is -0.478 e. The average Bonchev–Trinajstić information content (AvgIpc) is 2.85. The first-order valence-corrected chi connectivity index (χ1v) is 11.3. The van der Waals surface area contributed by atoms with E-state index in [1.54, 1.807) is 6.07 Å². The van der Waals surface area contributed by atoms with E-state index in [4.69, 9.17) is 0 Å². The van der Waals surface area contributed by atoms with Gasteiger partial charge in [-0.25, -0.2) is 4.79 Å². The van der Waals surface area contributed by atoms with Gasteiger partial charge < -0.3 is 10.0 Å². The van der Waals surface area contributed by atoms with Crippen molar-refractivity contribution < 1.29 is 9.90 Å². The van der Waals surface area contributed by atoms with Crippen LogP contribution >= 0.6 is 0 Å². The van der Waals surface area contributed by atoms with Crippen molar-refractivity contribution in [3.05, 3.63) is 107 Å². The van der Waals surface area contributed by atoms with E-state index in [2.05, 4.69) is 76.5 Å². The zero-order valence-corrected chi connectivity index (χ0v) is 18.6. The minimum absolute atomic E-state index is 0.411. The number of piperazine rings is 1. The SMILES string of the molecule is CCc1cc(N2CCN(CC=C(c3ccccc3)c3ccccc3)CC2)ccc1C(=O)O. The van der Waals surface area contributed by atoms with Gasteiger partial charge in [-0.15, -0.1) is 0 Å². The summed E-state index contributed by atoms with van der Waals surface area (Å²) in [5.74, 6) is -0.849. The van der Waals surface area contributed by atoms with Gasteiger partial charge in [-0.2, -0.15) is 0 Å². The molecule has 0 aromatic heterocycles. The molecule has 1 heterocycles. The van der Waals surface area contributed by atoms with Crippen LogP contribution in [0.5, 0.6) is 0 Å². The highest BCUT2D eigenvalue weighted by Crippen LogP contribution is 2.24. The van der Waals surface area contributed by atoms with Crippen molar-refractivity contribution in [1.29, 1.82) is 0 Å². The molecule has 0 aliphatic carbocycles. The Labute approximate surface area is 190 Å². The monoisotopic (exact) mass is 426 g/mol. The molecular weight excluding hydrogens is 396 g/mol. The van der Waals surface area contributed by atoms with Crippen molar-refractivity contribution in [2.24, 2.45) is 0 Å². The summed E-state index contributed by atoms with van der Waals surface area (Å²) >= 11 is 0. The lowest BCUT2D eigenvalue weighted by atomic mass is 9.97. The summed E-state index contributed by atoms with van der Waals surface area (Å²) in [7, 11) is 0. The number of benzene rings is 3. The first-order chi connectivity index (χ1) is 15.7. The van der Waals surface area contributed by atoms with Gasteiger partial charge in [0.25, 0.3) is 0 Å². The van der Waals surface area contributed by atoms with Gasteiger partial charge in [0.05, 0.1) is 5.56 Å². The fourth-order valence-electron chi connectivity index (χ4n) is 4.32. The average molecular weight is 427 g/mol. The highest BCUT2D eigenvalue weighted by atomic mass is 16.4. The van der Waals surface area contributed by atoms with Crippen molar-refractivity contribution in [3.8, 4) is 0 Å². The molecule has 164 valence electrons. The number of rotatable bonds is 7. The van der Waals surface area contributed by atoms with Crippen LogP contribution in [-0.2, 0) is 6.42 Å². The van der Waals surface area contributed by atoms with Gasteiger partial charge in [-0.1, -0.05) is 73.7 Å². The van der Waals surface area contributed by atoms with Crippen molar-refractivity contribution in [2.45, 2.75) is 13.3 Å². The molecule has 4 nitrogen and oxygen atoms in total. The summed E-state index contributed by atoms with van der Waals surface area (Å²) in [5.41, 5.74) is 6.18. The van der Waals surface area contributed by atoms with E-state index in [1.165, 1.54) is 16.7 Å². The Balaban J connectivity index is 1.44. The second kappa shape index (κ2) is 10.3. The molecule has 0 saturated carbocycles. The minimum atomic E-state index is -0.849. The first-order valence-electron chi connectivity index (χ1n) is 11.3. The maximum Gasteiger partial charge on any atom is 0.335 e.